The standard InChI is InChI=1S/C14H23N5O/c1-4-6-15-12-9-19-8-7-16-14(19)13(18-12)17-11(5-2)10-20-3/h7-9,11,15H,4-6,10H2,1-3H3,(H,17,18). The molecule has 6 heteroatoms. The molecule has 0 aliphatic carbocycles. The molecule has 2 N–H and O–H groups in total. The number of aromatic nitrogens is 3. The molecule has 0 saturated carbocycles. The number of nitrogens with zero attached hydrogens (tertiary/aromatic N) is 3. The van der Waals surface area contributed by atoms with E-state index in [9.17, 15) is 0 Å². The van der Waals surface area contributed by atoms with Crippen LogP contribution in [0.4, 0.5) is 11.6 Å². The summed E-state index contributed by atoms with van der Waals surface area (Å²) in [6.45, 7) is 5.81. The van der Waals surface area contributed by atoms with Crippen molar-refractivity contribution >= 4 is 17.3 Å². The van der Waals surface area contributed by atoms with Gasteiger partial charge >= 0.3 is 0 Å². The summed E-state index contributed by atoms with van der Waals surface area (Å²) in [6.07, 6.45) is 7.70. The van der Waals surface area contributed by atoms with Gasteiger partial charge < -0.3 is 19.8 Å². The largest absolute Gasteiger partial charge is 0.383 e. The fraction of sp³-hybridized carbons (Fsp3) is 0.571. The molecule has 0 fully saturated rings. The van der Waals surface area contributed by atoms with Gasteiger partial charge in [0, 0.05) is 26.0 Å². The minimum Gasteiger partial charge on any atom is -0.383 e. The second-order valence-electron chi connectivity index (χ2n) is 4.76. The second kappa shape index (κ2) is 7.09. The molecule has 1 atom stereocenters. The Morgan fingerprint density at radius 1 is 1.40 bits per heavy atom. The average molecular weight is 277 g/mol. The van der Waals surface area contributed by atoms with E-state index in [0.29, 0.717) is 6.61 Å². The summed E-state index contributed by atoms with van der Waals surface area (Å²) in [7, 11) is 1.71. The minimum atomic E-state index is 0.231. The summed E-state index contributed by atoms with van der Waals surface area (Å²) in [5, 5.41) is 6.73. The lowest BCUT2D eigenvalue weighted by Gasteiger charge is -2.17. The summed E-state index contributed by atoms with van der Waals surface area (Å²) < 4.78 is 7.20. The molecule has 110 valence electrons. The van der Waals surface area contributed by atoms with Crippen LogP contribution in [0.2, 0.25) is 0 Å². The summed E-state index contributed by atoms with van der Waals surface area (Å²) in [4.78, 5) is 8.98. The van der Waals surface area contributed by atoms with Crippen LogP contribution in [0.3, 0.4) is 0 Å². The first-order valence-corrected chi connectivity index (χ1v) is 7.11. The van der Waals surface area contributed by atoms with Gasteiger partial charge in [-0.15, -0.1) is 0 Å². The first-order chi connectivity index (χ1) is 9.78. The van der Waals surface area contributed by atoms with E-state index in [4.69, 9.17) is 4.74 Å². The molecule has 0 amide bonds. The van der Waals surface area contributed by atoms with Crippen molar-refractivity contribution in [3.05, 3.63) is 18.6 Å². The number of hydrogen-bond acceptors (Lipinski definition) is 5. The normalized spacial score (nSPS) is 12.6. The molecule has 20 heavy (non-hydrogen) atoms. The summed E-state index contributed by atoms with van der Waals surface area (Å²) in [5.74, 6) is 1.65. The highest BCUT2D eigenvalue weighted by Gasteiger charge is 2.12. The Bertz CT molecular complexity index is 539. The maximum atomic E-state index is 5.22. The molecule has 1 unspecified atom stereocenters. The van der Waals surface area contributed by atoms with Crippen LogP contribution in [0, 0.1) is 0 Å². The Labute approximate surface area is 119 Å². The van der Waals surface area contributed by atoms with Gasteiger partial charge in [0.2, 0.25) is 0 Å². The molecule has 0 aliphatic heterocycles. The van der Waals surface area contributed by atoms with E-state index in [2.05, 4.69) is 34.4 Å². The zero-order chi connectivity index (χ0) is 14.4. The van der Waals surface area contributed by atoms with Crippen LogP contribution >= 0.6 is 0 Å². The predicted molar refractivity (Wildman–Crippen MR) is 81.3 cm³/mol. The van der Waals surface area contributed by atoms with Crippen LogP contribution in [-0.4, -0.2) is 40.7 Å². The van der Waals surface area contributed by atoms with Crippen LogP contribution in [0.15, 0.2) is 18.6 Å². The van der Waals surface area contributed by atoms with E-state index in [1.807, 2.05) is 16.8 Å². The molecule has 0 radical (unpaired) electrons. The number of fused-ring (bicyclic) bond motifs is 1. The van der Waals surface area contributed by atoms with Crippen LogP contribution in [-0.2, 0) is 4.74 Å². The molecular weight excluding hydrogens is 254 g/mol. The van der Waals surface area contributed by atoms with Gasteiger partial charge in [0.25, 0.3) is 0 Å². The van der Waals surface area contributed by atoms with E-state index >= 15 is 0 Å². The lowest BCUT2D eigenvalue weighted by molar-refractivity contribution is 0.184. The maximum absolute atomic E-state index is 5.22. The van der Waals surface area contributed by atoms with Gasteiger partial charge in [-0.3, -0.25) is 0 Å². The maximum Gasteiger partial charge on any atom is 0.180 e. The quantitative estimate of drug-likeness (QED) is 0.775. The third-order valence-corrected chi connectivity index (χ3v) is 3.13. The van der Waals surface area contributed by atoms with Crippen molar-refractivity contribution in [3.63, 3.8) is 0 Å². The molecule has 0 bridgehead atoms. The zero-order valence-electron chi connectivity index (χ0n) is 12.4. The summed E-state index contributed by atoms with van der Waals surface area (Å²) in [5.41, 5.74) is 0.835. The fourth-order valence-electron chi connectivity index (χ4n) is 2.02. The highest BCUT2D eigenvalue weighted by Crippen LogP contribution is 2.18. The van der Waals surface area contributed by atoms with E-state index in [1.165, 1.54) is 0 Å². The molecular formula is C14H23N5O. The van der Waals surface area contributed by atoms with Gasteiger partial charge in [0.15, 0.2) is 11.5 Å². The number of imidazole rings is 1. The molecule has 0 saturated heterocycles. The van der Waals surface area contributed by atoms with Gasteiger partial charge in [-0.2, -0.15) is 0 Å². The molecule has 2 rings (SSSR count). The number of hydrogen-bond donors (Lipinski definition) is 2. The Morgan fingerprint density at radius 2 is 2.25 bits per heavy atom. The van der Waals surface area contributed by atoms with Crippen LogP contribution in [0.5, 0.6) is 0 Å². The minimum absolute atomic E-state index is 0.231. The van der Waals surface area contributed by atoms with Crippen molar-refractivity contribution in [1.82, 2.24) is 14.4 Å². The molecule has 0 spiro atoms. The highest BCUT2D eigenvalue weighted by atomic mass is 16.5. The average Bonchev–Trinajstić information content (AvgIpc) is 2.93. The van der Waals surface area contributed by atoms with E-state index in [-0.39, 0.29) is 6.04 Å². The summed E-state index contributed by atoms with van der Waals surface area (Å²) >= 11 is 0. The Balaban J connectivity index is 2.26. The Kier molecular flexibility index (Phi) is 5.17. The smallest absolute Gasteiger partial charge is 0.180 e. The molecule has 6 nitrogen and oxygen atoms in total. The molecule has 2 aromatic rings. The number of rotatable bonds is 8. The van der Waals surface area contributed by atoms with E-state index < -0.39 is 0 Å². The van der Waals surface area contributed by atoms with Crippen molar-refractivity contribution in [2.75, 3.05) is 30.9 Å². The van der Waals surface area contributed by atoms with Crippen LogP contribution in [0.25, 0.3) is 5.65 Å². The fourth-order valence-corrected chi connectivity index (χ4v) is 2.02. The van der Waals surface area contributed by atoms with Gasteiger partial charge in [-0.25, -0.2) is 9.97 Å². The van der Waals surface area contributed by atoms with Crippen LogP contribution in [0.1, 0.15) is 26.7 Å². The van der Waals surface area contributed by atoms with Crippen molar-refractivity contribution in [1.29, 1.82) is 0 Å². The molecule has 0 aliphatic rings. The first-order valence-electron chi connectivity index (χ1n) is 7.11. The predicted octanol–water partition coefficient (Wildman–Crippen LogP) is 2.39. The van der Waals surface area contributed by atoms with Gasteiger partial charge in [0.1, 0.15) is 5.82 Å². The number of anilines is 2. The highest BCUT2D eigenvalue weighted by molar-refractivity contribution is 5.65. The van der Waals surface area contributed by atoms with Crippen LogP contribution < -0.4 is 10.6 Å². The van der Waals surface area contributed by atoms with E-state index in [0.717, 1.165) is 36.7 Å². The van der Waals surface area contributed by atoms with Gasteiger partial charge in [-0.05, 0) is 12.8 Å². The first kappa shape index (κ1) is 14.6. The van der Waals surface area contributed by atoms with E-state index in [1.54, 1.807) is 13.3 Å². The number of ether oxygens (including phenoxy) is 1. The monoisotopic (exact) mass is 277 g/mol. The van der Waals surface area contributed by atoms with Gasteiger partial charge in [0.05, 0.1) is 18.8 Å². The Morgan fingerprint density at radius 3 is 2.95 bits per heavy atom. The number of nitrogens with one attached hydrogen (secondary N) is 2. The SMILES string of the molecule is CCCNc1cn2ccnc2c(NC(CC)COC)n1. The summed E-state index contributed by atoms with van der Waals surface area (Å²) in [6, 6.07) is 0.231. The molecule has 0 aromatic carbocycles. The molecule has 2 aromatic heterocycles. The third-order valence-electron chi connectivity index (χ3n) is 3.13. The second-order valence-corrected chi connectivity index (χ2v) is 4.76. The lowest BCUT2D eigenvalue weighted by Crippen LogP contribution is -2.25. The van der Waals surface area contributed by atoms with Crippen molar-refractivity contribution in [2.45, 2.75) is 32.7 Å². The lowest BCUT2D eigenvalue weighted by atomic mass is 10.2. The zero-order valence-corrected chi connectivity index (χ0v) is 12.4. The Hall–Kier alpha value is -1.82. The topological polar surface area (TPSA) is 63.5 Å². The van der Waals surface area contributed by atoms with Crippen molar-refractivity contribution in [2.24, 2.45) is 0 Å². The third kappa shape index (κ3) is 3.39. The molecule has 2 heterocycles. The van der Waals surface area contributed by atoms with Gasteiger partial charge in [-0.1, -0.05) is 13.8 Å². The number of methoxy groups -OCH3 is 1. The van der Waals surface area contributed by atoms with Crippen molar-refractivity contribution in [3.8, 4) is 0 Å². The van der Waals surface area contributed by atoms with Crippen molar-refractivity contribution < 1.29 is 4.74 Å².